The number of nitrogens with one attached hydrogen (secondary N) is 1. The summed E-state index contributed by atoms with van der Waals surface area (Å²) in [6.45, 7) is 6.25. The van der Waals surface area contributed by atoms with Crippen molar-refractivity contribution in [2.45, 2.75) is 24.7 Å². The number of hydrogen-bond acceptors (Lipinski definition) is 5. The van der Waals surface area contributed by atoms with Gasteiger partial charge in [0.1, 0.15) is 0 Å². The maximum Gasteiger partial charge on any atom is 0.243 e. The van der Waals surface area contributed by atoms with Crippen molar-refractivity contribution in [2.24, 2.45) is 5.92 Å². The number of piperazine rings is 1. The maximum absolute atomic E-state index is 13.1. The highest BCUT2D eigenvalue weighted by Gasteiger charge is 2.34. The van der Waals surface area contributed by atoms with E-state index in [1.54, 1.807) is 23.1 Å². The van der Waals surface area contributed by atoms with E-state index in [9.17, 15) is 18.0 Å². The van der Waals surface area contributed by atoms with Crippen LogP contribution in [-0.4, -0.2) is 80.2 Å². The molecule has 8 nitrogen and oxygen atoms in total. The highest BCUT2D eigenvalue weighted by Crippen LogP contribution is 2.24. The van der Waals surface area contributed by atoms with Gasteiger partial charge in [0.05, 0.1) is 10.8 Å². The Morgan fingerprint density at radius 1 is 1.03 bits per heavy atom. The fraction of sp³-hybridized carbons (Fsp3) is 0.440. The van der Waals surface area contributed by atoms with Crippen LogP contribution in [0.2, 0.25) is 0 Å². The summed E-state index contributed by atoms with van der Waals surface area (Å²) in [4.78, 5) is 29.4. The number of likely N-dealkylation sites (N-methyl/N-ethyl adjacent to an activating group) is 1. The normalized spacial score (nSPS) is 20.0. The second kappa shape index (κ2) is 10.7. The summed E-state index contributed by atoms with van der Waals surface area (Å²) in [6, 6.07) is 16.3. The van der Waals surface area contributed by atoms with Crippen LogP contribution in [0.3, 0.4) is 0 Å². The van der Waals surface area contributed by atoms with Crippen LogP contribution in [0.1, 0.15) is 18.9 Å². The molecule has 182 valence electrons. The lowest BCUT2D eigenvalue weighted by atomic mass is 10.1. The Balaban J connectivity index is 1.35. The van der Waals surface area contributed by atoms with Gasteiger partial charge in [0.2, 0.25) is 21.8 Å². The molecule has 2 heterocycles. The molecule has 0 aromatic heterocycles. The van der Waals surface area contributed by atoms with E-state index in [0.29, 0.717) is 45.0 Å². The van der Waals surface area contributed by atoms with Crippen molar-refractivity contribution >= 4 is 27.5 Å². The zero-order valence-electron chi connectivity index (χ0n) is 19.5. The van der Waals surface area contributed by atoms with Gasteiger partial charge in [0, 0.05) is 51.4 Å². The first-order chi connectivity index (χ1) is 16.4. The summed E-state index contributed by atoms with van der Waals surface area (Å²) in [5, 5.41) is 2.82. The summed E-state index contributed by atoms with van der Waals surface area (Å²) >= 11 is 0. The number of anilines is 1. The first-order valence-corrected chi connectivity index (χ1v) is 13.3. The van der Waals surface area contributed by atoms with Crippen LogP contribution in [0.25, 0.3) is 0 Å². The molecule has 2 aliphatic heterocycles. The van der Waals surface area contributed by atoms with Gasteiger partial charge in [-0.15, -0.1) is 0 Å². The Hall–Kier alpha value is -2.75. The molecule has 2 fully saturated rings. The van der Waals surface area contributed by atoms with Gasteiger partial charge >= 0.3 is 0 Å². The molecule has 2 aliphatic rings. The van der Waals surface area contributed by atoms with Gasteiger partial charge in [-0.25, -0.2) is 8.42 Å². The van der Waals surface area contributed by atoms with Gasteiger partial charge in [-0.1, -0.05) is 43.3 Å². The predicted molar refractivity (Wildman–Crippen MR) is 131 cm³/mol. The van der Waals surface area contributed by atoms with Crippen LogP contribution in [-0.2, 0) is 26.0 Å². The molecular formula is C25H32N4O4S. The number of hydrogen-bond donors (Lipinski definition) is 1. The summed E-state index contributed by atoms with van der Waals surface area (Å²) < 4.78 is 27.7. The fourth-order valence-corrected chi connectivity index (χ4v) is 5.96. The first-order valence-electron chi connectivity index (χ1n) is 11.8. The van der Waals surface area contributed by atoms with Crippen molar-refractivity contribution in [2.75, 3.05) is 51.1 Å². The average Bonchev–Trinajstić information content (AvgIpc) is 3.24. The Labute approximate surface area is 201 Å². The minimum atomic E-state index is -3.63. The van der Waals surface area contributed by atoms with Gasteiger partial charge in [0.15, 0.2) is 0 Å². The number of carbonyl (C=O) groups is 2. The van der Waals surface area contributed by atoms with Crippen molar-refractivity contribution in [3.05, 3.63) is 60.2 Å². The summed E-state index contributed by atoms with van der Waals surface area (Å²) in [6.07, 6.45) is 0.910. The molecule has 0 aliphatic carbocycles. The third-order valence-electron chi connectivity index (χ3n) is 6.62. The number of benzene rings is 2. The molecule has 2 amide bonds. The van der Waals surface area contributed by atoms with Gasteiger partial charge in [-0.05, 0) is 36.7 Å². The average molecular weight is 485 g/mol. The monoisotopic (exact) mass is 484 g/mol. The number of rotatable bonds is 8. The summed E-state index contributed by atoms with van der Waals surface area (Å²) in [5.74, 6) is -0.744. The van der Waals surface area contributed by atoms with Crippen LogP contribution in [0, 0.1) is 5.92 Å². The molecule has 0 saturated carbocycles. The smallest absolute Gasteiger partial charge is 0.243 e. The number of sulfonamides is 1. The number of carbonyl (C=O) groups excluding carboxylic acids is 2. The van der Waals surface area contributed by atoms with Gasteiger partial charge in [0.25, 0.3) is 0 Å². The van der Waals surface area contributed by atoms with E-state index >= 15 is 0 Å². The van der Waals surface area contributed by atoms with Gasteiger partial charge < -0.3 is 15.1 Å². The van der Waals surface area contributed by atoms with Crippen molar-refractivity contribution in [3.63, 3.8) is 0 Å². The molecule has 1 unspecified atom stereocenters. The summed E-state index contributed by atoms with van der Waals surface area (Å²) in [7, 11) is -3.63. The molecule has 1 N–H and O–H groups in total. The highest BCUT2D eigenvalue weighted by atomic mass is 32.2. The molecule has 34 heavy (non-hydrogen) atoms. The molecular weight excluding hydrogens is 452 g/mol. The quantitative estimate of drug-likeness (QED) is 0.619. The van der Waals surface area contributed by atoms with E-state index in [1.807, 2.05) is 30.3 Å². The standard InChI is InChI=1S/C25H32N4O4S/c1-2-27-13-15-29(16-14-27)34(32,33)23-10-6-9-22(18-23)26-25(31)21-17-24(30)28(19-21)12-11-20-7-4-3-5-8-20/h3-10,18,21H,2,11-17,19H2,1H3,(H,26,31). The summed E-state index contributed by atoms with van der Waals surface area (Å²) in [5.41, 5.74) is 1.57. The van der Waals surface area contributed by atoms with Crippen LogP contribution in [0.4, 0.5) is 5.69 Å². The van der Waals surface area contributed by atoms with E-state index in [0.717, 1.165) is 18.5 Å². The van der Waals surface area contributed by atoms with E-state index in [1.165, 1.54) is 10.4 Å². The fourth-order valence-electron chi connectivity index (χ4n) is 4.49. The van der Waals surface area contributed by atoms with E-state index in [2.05, 4.69) is 17.1 Å². The second-order valence-electron chi connectivity index (χ2n) is 8.83. The van der Waals surface area contributed by atoms with Gasteiger partial charge in [-0.2, -0.15) is 4.31 Å². The largest absolute Gasteiger partial charge is 0.342 e. The van der Waals surface area contributed by atoms with Crippen molar-refractivity contribution in [1.29, 1.82) is 0 Å². The van der Waals surface area contributed by atoms with Crippen LogP contribution < -0.4 is 5.32 Å². The van der Waals surface area contributed by atoms with E-state index in [4.69, 9.17) is 0 Å². The van der Waals surface area contributed by atoms with E-state index < -0.39 is 15.9 Å². The molecule has 1 atom stereocenters. The topological polar surface area (TPSA) is 90.0 Å². The van der Waals surface area contributed by atoms with Crippen molar-refractivity contribution < 1.29 is 18.0 Å². The zero-order chi connectivity index (χ0) is 24.1. The lowest BCUT2D eigenvalue weighted by molar-refractivity contribution is -0.128. The molecule has 2 aromatic rings. The Kier molecular flexibility index (Phi) is 7.65. The Morgan fingerprint density at radius 3 is 2.47 bits per heavy atom. The minimum absolute atomic E-state index is 0.0290. The zero-order valence-corrected chi connectivity index (χ0v) is 20.3. The Bertz CT molecular complexity index is 1110. The van der Waals surface area contributed by atoms with Gasteiger partial charge in [-0.3, -0.25) is 9.59 Å². The first kappa shape index (κ1) is 24.4. The number of likely N-dealkylation sites (tertiary alicyclic amines) is 1. The number of amides is 2. The minimum Gasteiger partial charge on any atom is -0.342 e. The molecule has 9 heteroatoms. The molecule has 0 radical (unpaired) electrons. The SMILES string of the molecule is CCN1CCN(S(=O)(=O)c2cccc(NC(=O)C3CC(=O)N(CCc4ccccc4)C3)c2)CC1. The maximum atomic E-state index is 13.1. The molecule has 0 bridgehead atoms. The van der Waals surface area contributed by atoms with Crippen LogP contribution in [0.15, 0.2) is 59.5 Å². The lowest BCUT2D eigenvalue weighted by Crippen LogP contribution is -2.48. The molecule has 2 aromatic carbocycles. The predicted octanol–water partition coefficient (Wildman–Crippen LogP) is 2.04. The lowest BCUT2D eigenvalue weighted by Gasteiger charge is -2.33. The van der Waals surface area contributed by atoms with Crippen LogP contribution >= 0.6 is 0 Å². The Morgan fingerprint density at radius 2 is 1.76 bits per heavy atom. The van der Waals surface area contributed by atoms with Crippen molar-refractivity contribution in [1.82, 2.24) is 14.1 Å². The van der Waals surface area contributed by atoms with E-state index in [-0.39, 0.29) is 23.1 Å². The van der Waals surface area contributed by atoms with Crippen LogP contribution in [0.5, 0.6) is 0 Å². The molecule has 0 spiro atoms. The molecule has 2 saturated heterocycles. The molecule has 4 rings (SSSR count). The second-order valence-corrected chi connectivity index (χ2v) is 10.8. The third kappa shape index (κ3) is 5.65. The third-order valence-corrected chi connectivity index (χ3v) is 8.51. The van der Waals surface area contributed by atoms with Crippen molar-refractivity contribution in [3.8, 4) is 0 Å². The highest BCUT2D eigenvalue weighted by molar-refractivity contribution is 7.89. The number of nitrogens with zero attached hydrogens (tertiary/aromatic N) is 3.